The Kier molecular flexibility index (Phi) is 4.46. The largest absolute Gasteiger partial charge is 0.403 e. The number of carbonyl (C=O) groups is 1. The summed E-state index contributed by atoms with van der Waals surface area (Å²) in [5.41, 5.74) is 3.84. The first-order valence-corrected chi connectivity index (χ1v) is 10.1. The number of rotatable bonds is 6. The molecule has 4 aromatic rings. The van der Waals surface area contributed by atoms with Crippen LogP contribution in [0.3, 0.4) is 0 Å². The van der Waals surface area contributed by atoms with E-state index < -0.39 is 0 Å². The van der Waals surface area contributed by atoms with Crippen LogP contribution in [0.25, 0.3) is 33.6 Å². The van der Waals surface area contributed by atoms with Crippen molar-refractivity contribution in [2.75, 3.05) is 5.32 Å². The number of nitrogens with one attached hydrogen (secondary N) is 3. The van der Waals surface area contributed by atoms with Crippen LogP contribution in [0, 0.1) is 0 Å². The van der Waals surface area contributed by atoms with Gasteiger partial charge >= 0.3 is 6.01 Å². The van der Waals surface area contributed by atoms with E-state index in [-0.39, 0.29) is 11.9 Å². The molecule has 1 aliphatic carbocycles. The summed E-state index contributed by atoms with van der Waals surface area (Å²) in [5.74, 6) is 0.314. The van der Waals surface area contributed by atoms with E-state index in [4.69, 9.17) is 4.42 Å². The van der Waals surface area contributed by atoms with Crippen molar-refractivity contribution in [3.05, 3.63) is 48.3 Å². The van der Waals surface area contributed by atoms with E-state index in [2.05, 4.69) is 30.8 Å². The molecule has 0 unspecified atom stereocenters. The van der Waals surface area contributed by atoms with Gasteiger partial charge in [0.1, 0.15) is 5.69 Å². The number of hydrogen-bond acceptors (Lipinski definition) is 6. The number of aromatic amines is 1. The van der Waals surface area contributed by atoms with E-state index in [9.17, 15) is 4.79 Å². The highest BCUT2D eigenvalue weighted by molar-refractivity contribution is 5.98. The standard InChI is InChI=1S/C22H22N6O2/c1-12(2)24-22-28-27-21(30-22)13-6-9-17-15(10-13)16(11-23-17)18-4-3-5-19(26-18)20(29)25-14-7-8-14/h3-6,9-12,14,23H,7-8H2,1-2H3,(H,24,28)(H,25,29). The summed E-state index contributed by atoms with van der Waals surface area (Å²) in [6.07, 6.45) is 3.99. The molecule has 1 fully saturated rings. The monoisotopic (exact) mass is 402 g/mol. The van der Waals surface area contributed by atoms with Crippen LogP contribution in [0.1, 0.15) is 37.2 Å². The highest BCUT2D eigenvalue weighted by Gasteiger charge is 2.24. The second-order valence-corrected chi connectivity index (χ2v) is 7.83. The van der Waals surface area contributed by atoms with Crippen molar-refractivity contribution >= 4 is 22.8 Å². The molecule has 0 atom stereocenters. The van der Waals surface area contributed by atoms with Crippen molar-refractivity contribution in [2.24, 2.45) is 0 Å². The van der Waals surface area contributed by atoms with Gasteiger partial charge in [-0.25, -0.2) is 4.98 Å². The third-order valence-electron chi connectivity index (χ3n) is 4.94. The molecule has 1 saturated carbocycles. The number of H-pyrrole nitrogens is 1. The van der Waals surface area contributed by atoms with Crippen LogP contribution in [-0.4, -0.2) is 38.2 Å². The average Bonchev–Trinajstić information content (AvgIpc) is 3.26. The molecule has 5 rings (SSSR count). The lowest BCUT2D eigenvalue weighted by molar-refractivity contribution is 0.0946. The first-order chi connectivity index (χ1) is 14.6. The summed E-state index contributed by atoms with van der Waals surface area (Å²) < 4.78 is 5.73. The topological polar surface area (TPSA) is 109 Å². The summed E-state index contributed by atoms with van der Waals surface area (Å²) in [5, 5.41) is 15.3. The molecule has 1 aliphatic rings. The Balaban J connectivity index is 1.49. The molecular weight excluding hydrogens is 380 g/mol. The molecule has 3 heterocycles. The van der Waals surface area contributed by atoms with Crippen molar-refractivity contribution in [1.82, 2.24) is 25.5 Å². The molecule has 3 N–H and O–H groups in total. The highest BCUT2D eigenvalue weighted by Crippen LogP contribution is 2.31. The summed E-state index contributed by atoms with van der Waals surface area (Å²) in [6.45, 7) is 4.02. The van der Waals surface area contributed by atoms with Gasteiger partial charge in [0.2, 0.25) is 5.89 Å². The van der Waals surface area contributed by atoms with E-state index in [1.54, 1.807) is 6.07 Å². The molecule has 3 aromatic heterocycles. The Morgan fingerprint density at radius 3 is 2.87 bits per heavy atom. The van der Waals surface area contributed by atoms with Crippen LogP contribution in [0.2, 0.25) is 0 Å². The van der Waals surface area contributed by atoms with Gasteiger partial charge in [-0.2, -0.15) is 0 Å². The predicted octanol–water partition coefficient (Wildman–Crippen LogP) is 3.99. The SMILES string of the molecule is CC(C)Nc1nnc(-c2ccc3[nH]cc(-c4cccc(C(=O)NC5CC5)n4)c3c2)o1. The maximum atomic E-state index is 12.4. The molecular formula is C22H22N6O2. The van der Waals surface area contributed by atoms with Gasteiger partial charge in [0.05, 0.1) is 5.69 Å². The lowest BCUT2D eigenvalue weighted by Crippen LogP contribution is -2.26. The van der Waals surface area contributed by atoms with Gasteiger partial charge in [0.15, 0.2) is 0 Å². The third-order valence-corrected chi connectivity index (χ3v) is 4.94. The summed E-state index contributed by atoms with van der Waals surface area (Å²) in [6, 6.07) is 12.3. The Morgan fingerprint density at radius 1 is 1.20 bits per heavy atom. The van der Waals surface area contributed by atoms with Gasteiger partial charge in [0, 0.05) is 40.3 Å². The molecule has 152 valence electrons. The van der Waals surface area contributed by atoms with Crippen LogP contribution < -0.4 is 10.6 Å². The smallest absolute Gasteiger partial charge is 0.315 e. The normalized spacial score (nSPS) is 13.7. The highest BCUT2D eigenvalue weighted by atomic mass is 16.4. The van der Waals surface area contributed by atoms with Gasteiger partial charge in [-0.3, -0.25) is 4.79 Å². The van der Waals surface area contributed by atoms with Crippen molar-refractivity contribution in [1.29, 1.82) is 0 Å². The zero-order chi connectivity index (χ0) is 20.7. The first-order valence-electron chi connectivity index (χ1n) is 10.1. The molecule has 0 saturated heterocycles. The number of hydrogen-bond donors (Lipinski definition) is 3. The Morgan fingerprint density at radius 2 is 2.07 bits per heavy atom. The van der Waals surface area contributed by atoms with E-state index in [1.807, 2.05) is 50.4 Å². The molecule has 0 aliphatic heterocycles. The second kappa shape index (κ2) is 7.29. The number of amides is 1. The minimum atomic E-state index is -0.129. The average molecular weight is 402 g/mol. The van der Waals surface area contributed by atoms with Gasteiger partial charge in [-0.15, -0.1) is 5.10 Å². The minimum absolute atomic E-state index is 0.129. The van der Waals surface area contributed by atoms with Crippen molar-refractivity contribution in [3.8, 4) is 22.7 Å². The Hall–Kier alpha value is -3.68. The van der Waals surface area contributed by atoms with Crippen molar-refractivity contribution < 1.29 is 9.21 Å². The van der Waals surface area contributed by atoms with Crippen LogP contribution in [0.15, 0.2) is 47.0 Å². The number of nitrogens with zero attached hydrogens (tertiary/aromatic N) is 3. The zero-order valence-electron chi connectivity index (χ0n) is 16.8. The number of fused-ring (bicyclic) bond motifs is 1. The summed E-state index contributed by atoms with van der Waals surface area (Å²) in [4.78, 5) is 20.2. The van der Waals surface area contributed by atoms with E-state index in [0.29, 0.717) is 23.6 Å². The third kappa shape index (κ3) is 3.63. The number of carbonyl (C=O) groups excluding carboxylic acids is 1. The molecule has 1 aromatic carbocycles. The van der Waals surface area contributed by atoms with Crippen LogP contribution in [0.4, 0.5) is 6.01 Å². The van der Waals surface area contributed by atoms with Gasteiger partial charge < -0.3 is 20.0 Å². The van der Waals surface area contributed by atoms with Crippen LogP contribution in [0.5, 0.6) is 0 Å². The Bertz CT molecular complexity index is 1220. The predicted molar refractivity (Wildman–Crippen MR) is 114 cm³/mol. The lowest BCUT2D eigenvalue weighted by atomic mass is 10.1. The lowest BCUT2D eigenvalue weighted by Gasteiger charge is -2.05. The maximum absolute atomic E-state index is 12.4. The van der Waals surface area contributed by atoms with Gasteiger partial charge in [0.25, 0.3) is 5.91 Å². The molecule has 0 bridgehead atoms. The summed E-state index contributed by atoms with van der Waals surface area (Å²) in [7, 11) is 0. The zero-order valence-corrected chi connectivity index (χ0v) is 16.8. The second-order valence-electron chi connectivity index (χ2n) is 7.83. The first kappa shape index (κ1) is 18.4. The van der Waals surface area contributed by atoms with Gasteiger partial charge in [-0.05, 0) is 57.0 Å². The van der Waals surface area contributed by atoms with E-state index >= 15 is 0 Å². The Labute approximate surface area is 173 Å². The molecule has 8 nitrogen and oxygen atoms in total. The quantitative estimate of drug-likeness (QED) is 0.450. The molecule has 8 heteroatoms. The molecule has 1 amide bonds. The maximum Gasteiger partial charge on any atom is 0.315 e. The minimum Gasteiger partial charge on any atom is -0.403 e. The fourth-order valence-electron chi connectivity index (χ4n) is 3.31. The number of pyridine rings is 1. The van der Waals surface area contributed by atoms with Crippen LogP contribution in [-0.2, 0) is 0 Å². The van der Waals surface area contributed by atoms with Crippen LogP contribution >= 0.6 is 0 Å². The van der Waals surface area contributed by atoms with Gasteiger partial charge in [-0.1, -0.05) is 11.2 Å². The molecule has 0 spiro atoms. The number of benzene rings is 1. The van der Waals surface area contributed by atoms with Crippen molar-refractivity contribution in [3.63, 3.8) is 0 Å². The number of aromatic nitrogens is 4. The van der Waals surface area contributed by atoms with E-state index in [0.717, 1.165) is 40.6 Å². The number of anilines is 1. The molecule has 0 radical (unpaired) electrons. The van der Waals surface area contributed by atoms with E-state index in [1.165, 1.54) is 0 Å². The summed E-state index contributed by atoms with van der Waals surface area (Å²) >= 11 is 0. The fraction of sp³-hybridized carbons (Fsp3) is 0.273. The fourth-order valence-corrected chi connectivity index (χ4v) is 3.31. The van der Waals surface area contributed by atoms with Crippen molar-refractivity contribution in [2.45, 2.75) is 38.8 Å². The molecule has 30 heavy (non-hydrogen) atoms.